The van der Waals surface area contributed by atoms with E-state index in [9.17, 15) is 0 Å². The van der Waals surface area contributed by atoms with E-state index in [4.69, 9.17) is 4.74 Å². The van der Waals surface area contributed by atoms with Crippen LogP contribution in [0.3, 0.4) is 0 Å². The Bertz CT molecular complexity index is 587. The van der Waals surface area contributed by atoms with Gasteiger partial charge in [-0.3, -0.25) is 9.67 Å². The summed E-state index contributed by atoms with van der Waals surface area (Å²) in [5.41, 5.74) is 3.52. The van der Waals surface area contributed by atoms with E-state index in [1.165, 1.54) is 11.3 Å². The van der Waals surface area contributed by atoms with Gasteiger partial charge in [0.2, 0.25) is 0 Å². The number of aryl methyl sites for hydroxylation is 2. The zero-order chi connectivity index (χ0) is 19.1. The summed E-state index contributed by atoms with van der Waals surface area (Å²) in [4.78, 5) is 6.87. The Morgan fingerprint density at radius 2 is 2.00 bits per heavy atom. The van der Waals surface area contributed by atoms with Crippen LogP contribution in [0.25, 0.3) is 0 Å². The zero-order valence-corrected chi connectivity index (χ0v) is 17.3. The normalized spacial score (nSPS) is 17.1. The van der Waals surface area contributed by atoms with Crippen molar-refractivity contribution in [1.29, 1.82) is 0 Å². The molecule has 0 amide bonds. The van der Waals surface area contributed by atoms with Crippen LogP contribution in [0.1, 0.15) is 43.6 Å². The van der Waals surface area contributed by atoms with E-state index in [0.29, 0.717) is 12.1 Å². The molecule has 2 rings (SSSR count). The van der Waals surface area contributed by atoms with E-state index in [0.717, 1.165) is 57.3 Å². The van der Waals surface area contributed by atoms with Crippen LogP contribution in [-0.4, -0.2) is 66.1 Å². The maximum atomic E-state index is 5.66. The third-order valence-electron chi connectivity index (χ3n) is 5.10. The van der Waals surface area contributed by atoms with Gasteiger partial charge in [0, 0.05) is 57.6 Å². The highest BCUT2D eigenvalue weighted by Gasteiger charge is 2.20. The number of aromatic nitrogens is 2. The van der Waals surface area contributed by atoms with Crippen molar-refractivity contribution < 1.29 is 4.74 Å². The predicted octanol–water partition coefficient (Wildman–Crippen LogP) is 1.59. The number of piperidine rings is 1. The third-order valence-corrected chi connectivity index (χ3v) is 5.10. The van der Waals surface area contributed by atoms with E-state index >= 15 is 0 Å². The lowest BCUT2D eigenvalue weighted by Gasteiger charge is -2.33. The zero-order valence-electron chi connectivity index (χ0n) is 17.3. The molecule has 2 N–H and O–H groups in total. The Hall–Kier alpha value is -1.60. The summed E-state index contributed by atoms with van der Waals surface area (Å²) < 4.78 is 7.59. The first-order valence-electron chi connectivity index (χ1n) is 9.71. The highest BCUT2D eigenvalue weighted by Crippen LogP contribution is 2.12. The number of nitrogens with one attached hydrogen (secondary N) is 2. The minimum Gasteiger partial charge on any atom is -0.377 e. The molecule has 1 fully saturated rings. The minimum absolute atomic E-state index is 0.315. The summed E-state index contributed by atoms with van der Waals surface area (Å²) in [6, 6.07) is 0.472. The van der Waals surface area contributed by atoms with Gasteiger partial charge < -0.3 is 20.3 Å². The van der Waals surface area contributed by atoms with Crippen LogP contribution in [-0.2, 0) is 18.3 Å². The van der Waals surface area contributed by atoms with Crippen LogP contribution in [0, 0.1) is 13.8 Å². The molecule has 148 valence electrons. The number of nitrogens with zero attached hydrogens (tertiary/aromatic N) is 4. The van der Waals surface area contributed by atoms with Gasteiger partial charge in [-0.2, -0.15) is 5.10 Å². The Morgan fingerprint density at radius 3 is 2.54 bits per heavy atom. The molecule has 1 aromatic heterocycles. The lowest BCUT2D eigenvalue weighted by Crippen LogP contribution is -2.49. The number of ether oxygens (including phenoxy) is 1. The summed E-state index contributed by atoms with van der Waals surface area (Å²) in [7, 11) is 3.82. The van der Waals surface area contributed by atoms with Crippen molar-refractivity contribution in [3.05, 3.63) is 17.0 Å². The van der Waals surface area contributed by atoms with Crippen molar-refractivity contribution in [2.75, 3.05) is 33.3 Å². The first-order chi connectivity index (χ1) is 12.4. The molecule has 0 aliphatic carbocycles. The lowest BCUT2D eigenvalue weighted by atomic mass is 10.1. The van der Waals surface area contributed by atoms with Crippen molar-refractivity contribution in [3.8, 4) is 0 Å². The Labute approximate surface area is 158 Å². The predicted molar refractivity (Wildman–Crippen MR) is 107 cm³/mol. The fourth-order valence-electron chi connectivity index (χ4n) is 3.35. The van der Waals surface area contributed by atoms with E-state index in [2.05, 4.69) is 53.3 Å². The summed E-state index contributed by atoms with van der Waals surface area (Å²) in [6.07, 6.45) is 2.58. The summed E-state index contributed by atoms with van der Waals surface area (Å²) in [5, 5.41) is 11.5. The molecule has 7 heteroatoms. The Balaban J connectivity index is 1.74. The Kier molecular flexibility index (Phi) is 7.90. The fourth-order valence-corrected chi connectivity index (χ4v) is 3.35. The first kappa shape index (κ1) is 20.7. The highest BCUT2D eigenvalue weighted by atomic mass is 16.5. The Morgan fingerprint density at radius 1 is 1.31 bits per heavy atom. The maximum absolute atomic E-state index is 5.66. The molecule has 7 nitrogen and oxygen atoms in total. The quantitative estimate of drug-likeness (QED) is 0.568. The van der Waals surface area contributed by atoms with Crippen LogP contribution in [0.4, 0.5) is 0 Å². The van der Waals surface area contributed by atoms with Crippen LogP contribution in [0.15, 0.2) is 4.99 Å². The molecule has 0 unspecified atom stereocenters. The van der Waals surface area contributed by atoms with Crippen LogP contribution >= 0.6 is 0 Å². The second-order valence-corrected chi connectivity index (χ2v) is 7.38. The van der Waals surface area contributed by atoms with Crippen molar-refractivity contribution in [1.82, 2.24) is 25.3 Å². The molecule has 0 spiro atoms. The van der Waals surface area contributed by atoms with Crippen molar-refractivity contribution in [2.45, 2.75) is 59.2 Å². The topological polar surface area (TPSA) is 66.7 Å². The van der Waals surface area contributed by atoms with E-state index in [1.807, 2.05) is 18.8 Å². The van der Waals surface area contributed by atoms with E-state index in [-0.39, 0.29) is 0 Å². The molecular weight excluding hydrogens is 328 g/mol. The van der Waals surface area contributed by atoms with Crippen molar-refractivity contribution in [3.63, 3.8) is 0 Å². The number of aliphatic imine (C=N–C) groups is 1. The molecule has 2 heterocycles. The van der Waals surface area contributed by atoms with Gasteiger partial charge >= 0.3 is 0 Å². The van der Waals surface area contributed by atoms with Gasteiger partial charge in [-0.15, -0.1) is 0 Å². The second kappa shape index (κ2) is 9.92. The molecule has 1 aromatic rings. The van der Waals surface area contributed by atoms with Gasteiger partial charge in [0.05, 0.1) is 18.4 Å². The fraction of sp³-hybridized carbons (Fsp3) is 0.789. The van der Waals surface area contributed by atoms with Crippen molar-refractivity contribution >= 4 is 5.96 Å². The summed E-state index contributed by atoms with van der Waals surface area (Å²) in [6.45, 7) is 13.1. The number of guanidine groups is 1. The monoisotopic (exact) mass is 364 g/mol. The molecule has 0 radical (unpaired) electrons. The molecule has 1 aliphatic rings. The molecule has 26 heavy (non-hydrogen) atoms. The van der Waals surface area contributed by atoms with Gasteiger partial charge in [0.15, 0.2) is 5.96 Å². The molecule has 0 aromatic carbocycles. The average molecular weight is 365 g/mol. The van der Waals surface area contributed by atoms with Gasteiger partial charge in [-0.1, -0.05) is 0 Å². The van der Waals surface area contributed by atoms with E-state index < -0.39 is 0 Å². The molecule has 0 bridgehead atoms. The van der Waals surface area contributed by atoms with Crippen LogP contribution < -0.4 is 10.6 Å². The largest absolute Gasteiger partial charge is 0.377 e. The number of likely N-dealkylation sites (tertiary alicyclic amines) is 1. The van der Waals surface area contributed by atoms with Gasteiger partial charge in [0.25, 0.3) is 0 Å². The standard InChI is InChI=1S/C19H36N6O/c1-14(2)26-12-11-25-9-7-17(8-10-25)22-19(20-5)21-13-18-15(3)23-24(6)16(18)4/h14,17H,7-13H2,1-6H3,(H2,20,21,22). The minimum atomic E-state index is 0.315. The first-order valence-corrected chi connectivity index (χ1v) is 9.71. The second-order valence-electron chi connectivity index (χ2n) is 7.38. The molecule has 0 saturated carbocycles. The smallest absolute Gasteiger partial charge is 0.191 e. The van der Waals surface area contributed by atoms with Gasteiger partial charge in [0.1, 0.15) is 0 Å². The summed E-state index contributed by atoms with van der Waals surface area (Å²) >= 11 is 0. The maximum Gasteiger partial charge on any atom is 0.191 e. The molecule has 1 aliphatic heterocycles. The molecule has 0 atom stereocenters. The third kappa shape index (κ3) is 5.99. The SMILES string of the molecule is CN=C(NCc1c(C)nn(C)c1C)NC1CCN(CCOC(C)C)CC1. The number of hydrogen-bond donors (Lipinski definition) is 2. The molecule has 1 saturated heterocycles. The van der Waals surface area contributed by atoms with Crippen LogP contribution in [0.5, 0.6) is 0 Å². The highest BCUT2D eigenvalue weighted by molar-refractivity contribution is 5.80. The molecular formula is C19H36N6O. The van der Waals surface area contributed by atoms with Crippen molar-refractivity contribution in [2.24, 2.45) is 12.0 Å². The van der Waals surface area contributed by atoms with Crippen LogP contribution in [0.2, 0.25) is 0 Å². The van der Waals surface area contributed by atoms with E-state index in [1.54, 1.807) is 0 Å². The lowest BCUT2D eigenvalue weighted by molar-refractivity contribution is 0.0532. The van der Waals surface area contributed by atoms with Gasteiger partial charge in [-0.05, 0) is 40.5 Å². The summed E-state index contributed by atoms with van der Waals surface area (Å²) in [5.74, 6) is 0.870. The van der Waals surface area contributed by atoms with Gasteiger partial charge in [-0.25, -0.2) is 0 Å². The average Bonchev–Trinajstić information content (AvgIpc) is 2.85. The number of rotatable bonds is 7. The number of hydrogen-bond acceptors (Lipinski definition) is 4.